The standard InChI is InChI=1S/C26H22F2N4O4S2/c1-14-9-18(24-19(10-14)31-22(13-30-24)36-26(27)28)25-32-23-15(2)11-17(12-20(23)37-25)35-8-7-16-5-3-4-6-21(16)38(29,33)34/h3-6,9-13,26H,7-8H2,1-2H3,(H2,29,33,34). The molecule has 5 rings (SSSR count). The summed E-state index contributed by atoms with van der Waals surface area (Å²) >= 11 is 1.45. The molecule has 0 spiro atoms. The lowest BCUT2D eigenvalue weighted by atomic mass is 10.1. The molecule has 0 fully saturated rings. The van der Waals surface area contributed by atoms with Crippen LogP contribution in [0.4, 0.5) is 8.78 Å². The van der Waals surface area contributed by atoms with E-state index >= 15 is 0 Å². The molecule has 2 aromatic heterocycles. The third-order valence-corrected chi connectivity index (χ3v) is 7.83. The van der Waals surface area contributed by atoms with Gasteiger partial charge in [0.05, 0.1) is 38.9 Å². The molecule has 2 heterocycles. The van der Waals surface area contributed by atoms with Crippen LogP contribution in [0.15, 0.2) is 59.6 Å². The lowest BCUT2D eigenvalue weighted by Gasteiger charge is -2.10. The summed E-state index contributed by atoms with van der Waals surface area (Å²) in [5.74, 6) is 0.374. The molecule has 8 nitrogen and oxygen atoms in total. The molecule has 5 aromatic rings. The van der Waals surface area contributed by atoms with Crippen LogP contribution in [0, 0.1) is 13.8 Å². The van der Waals surface area contributed by atoms with Gasteiger partial charge in [-0.3, -0.25) is 0 Å². The van der Waals surface area contributed by atoms with Gasteiger partial charge in [0, 0.05) is 12.0 Å². The Morgan fingerprint density at radius 2 is 1.84 bits per heavy atom. The minimum atomic E-state index is -3.83. The molecule has 0 aliphatic carbocycles. The van der Waals surface area contributed by atoms with Crippen LogP contribution in [0.3, 0.4) is 0 Å². The highest BCUT2D eigenvalue weighted by molar-refractivity contribution is 7.89. The van der Waals surface area contributed by atoms with E-state index in [-0.39, 0.29) is 17.4 Å². The zero-order valence-corrected chi connectivity index (χ0v) is 21.9. The summed E-state index contributed by atoms with van der Waals surface area (Å²) in [4.78, 5) is 13.4. The van der Waals surface area contributed by atoms with Crippen LogP contribution in [0.25, 0.3) is 31.8 Å². The van der Waals surface area contributed by atoms with Gasteiger partial charge in [-0.1, -0.05) is 18.2 Å². The molecule has 2 N–H and O–H groups in total. The fraction of sp³-hybridized carbons (Fsp3) is 0.192. The van der Waals surface area contributed by atoms with E-state index < -0.39 is 16.6 Å². The minimum absolute atomic E-state index is 0.0868. The highest BCUT2D eigenvalue weighted by Crippen LogP contribution is 2.37. The maximum atomic E-state index is 12.6. The second kappa shape index (κ2) is 10.2. The van der Waals surface area contributed by atoms with Gasteiger partial charge < -0.3 is 9.47 Å². The van der Waals surface area contributed by atoms with E-state index in [1.165, 1.54) is 23.6 Å². The molecule has 0 bridgehead atoms. The second-order valence-corrected chi connectivity index (χ2v) is 11.2. The Balaban J connectivity index is 1.43. The van der Waals surface area contributed by atoms with Crippen LogP contribution in [-0.4, -0.2) is 36.6 Å². The van der Waals surface area contributed by atoms with E-state index in [2.05, 4.69) is 14.7 Å². The Morgan fingerprint density at radius 3 is 2.61 bits per heavy atom. The lowest BCUT2D eigenvalue weighted by molar-refractivity contribution is -0.0528. The fourth-order valence-electron chi connectivity index (χ4n) is 4.19. The Hall–Kier alpha value is -3.74. The average molecular weight is 557 g/mol. The summed E-state index contributed by atoms with van der Waals surface area (Å²) < 4.78 is 60.2. The van der Waals surface area contributed by atoms with Gasteiger partial charge in [0.25, 0.3) is 0 Å². The molecular formula is C26H22F2N4O4S2. The van der Waals surface area contributed by atoms with E-state index in [1.54, 1.807) is 24.3 Å². The Labute approximate surface area is 221 Å². The van der Waals surface area contributed by atoms with Gasteiger partial charge in [-0.2, -0.15) is 8.78 Å². The molecule has 12 heteroatoms. The molecule has 38 heavy (non-hydrogen) atoms. The minimum Gasteiger partial charge on any atom is -0.493 e. The van der Waals surface area contributed by atoms with Crippen molar-refractivity contribution in [2.75, 3.05) is 6.61 Å². The van der Waals surface area contributed by atoms with Crippen molar-refractivity contribution >= 4 is 42.6 Å². The van der Waals surface area contributed by atoms with E-state index in [1.807, 2.05) is 32.0 Å². The largest absolute Gasteiger partial charge is 0.493 e. The molecule has 0 radical (unpaired) electrons. The number of alkyl halides is 2. The number of aryl methyl sites for hydroxylation is 2. The maximum Gasteiger partial charge on any atom is 0.388 e. The van der Waals surface area contributed by atoms with Gasteiger partial charge in [-0.05, 0) is 60.9 Å². The number of fused-ring (bicyclic) bond motifs is 2. The molecule has 0 aliphatic rings. The Kier molecular flexibility index (Phi) is 6.95. The monoisotopic (exact) mass is 556 g/mol. The molecule has 0 unspecified atom stereocenters. The number of benzene rings is 3. The van der Waals surface area contributed by atoms with Crippen LogP contribution >= 0.6 is 11.3 Å². The first-order valence-electron chi connectivity index (χ1n) is 11.5. The molecule has 0 saturated carbocycles. The van der Waals surface area contributed by atoms with Crippen molar-refractivity contribution in [1.82, 2.24) is 15.0 Å². The van der Waals surface area contributed by atoms with E-state index in [4.69, 9.17) is 14.9 Å². The summed E-state index contributed by atoms with van der Waals surface area (Å²) in [7, 11) is -3.83. The molecule has 0 aliphatic heterocycles. The van der Waals surface area contributed by atoms with Crippen molar-refractivity contribution in [2.24, 2.45) is 5.14 Å². The summed E-state index contributed by atoms with van der Waals surface area (Å²) in [6, 6.07) is 14.0. The zero-order valence-electron chi connectivity index (χ0n) is 20.3. The molecule has 0 atom stereocenters. The first kappa shape index (κ1) is 25.9. The quantitative estimate of drug-likeness (QED) is 0.272. The number of sulfonamides is 1. The molecular weight excluding hydrogens is 534 g/mol. The summed E-state index contributed by atoms with van der Waals surface area (Å²) in [5.41, 5.74) is 4.85. The van der Waals surface area contributed by atoms with E-state index in [9.17, 15) is 17.2 Å². The van der Waals surface area contributed by atoms with Crippen LogP contribution in [0.2, 0.25) is 0 Å². The number of ether oxygens (including phenoxy) is 2. The maximum absolute atomic E-state index is 12.6. The molecule has 0 amide bonds. The van der Waals surface area contributed by atoms with Gasteiger partial charge in [0.15, 0.2) is 0 Å². The SMILES string of the molecule is Cc1cc(-c2nc3c(C)cc(OCCc4ccccc4S(N)(=O)=O)cc3s2)c2ncc(OC(F)F)nc2c1. The van der Waals surface area contributed by atoms with Crippen molar-refractivity contribution in [1.29, 1.82) is 0 Å². The fourth-order valence-corrected chi connectivity index (χ4v) is 6.08. The zero-order chi connectivity index (χ0) is 27.0. The number of aromatic nitrogens is 3. The van der Waals surface area contributed by atoms with Crippen LogP contribution in [-0.2, 0) is 16.4 Å². The molecule has 196 valence electrons. The number of hydrogen-bond acceptors (Lipinski definition) is 8. The van der Waals surface area contributed by atoms with Gasteiger partial charge >= 0.3 is 6.61 Å². The van der Waals surface area contributed by atoms with Crippen molar-refractivity contribution in [3.05, 3.63) is 71.4 Å². The van der Waals surface area contributed by atoms with Crippen molar-refractivity contribution in [2.45, 2.75) is 31.8 Å². The number of nitrogens with zero attached hydrogens (tertiary/aromatic N) is 3. The highest BCUT2D eigenvalue weighted by atomic mass is 32.2. The van der Waals surface area contributed by atoms with Crippen LogP contribution in [0.1, 0.15) is 16.7 Å². The van der Waals surface area contributed by atoms with Crippen LogP contribution < -0.4 is 14.6 Å². The van der Waals surface area contributed by atoms with Crippen molar-refractivity contribution in [3.63, 3.8) is 0 Å². The summed E-state index contributed by atoms with van der Waals surface area (Å²) in [6.07, 6.45) is 1.54. The third-order valence-electron chi connectivity index (χ3n) is 5.79. The van der Waals surface area contributed by atoms with Gasteiger partial charge in [0.2, 0.25) is 15.9 Å². The normalized spacial score (nSPS) is 11.9. The Morgan fingerprint density at radius 1 is 1.05 bits per heavy atom. The average Bonchev–Trinajstić information content (AvgIpc) is 3.27. The topological polar surface area (TPSA) is 117 Å². The van der Waals surface area contributed by atoms with Crippen molar-refractivity contribution in [3.8, 4) is 22.2 Å². The molecule has 0 saturated heterocycles. The van der Waals surface area contributed by atoms with Crippen molar-refractivity contribution < 1.29 is 26.7 Å². The lowest BCUT2D eigenvalue weighted by Crippen LogP contribution is -2.15. The molecule has 3 aromatic carbocycles. The van der Waals surface area contributed by atoms with Crippen LogP contribution in [0.5, 0.6) is 11.6 Å². The van der Waals surface area contributed by atoms with Gasteiger partial charge in [0.1, 0.15) is 10.8 Å². The number of thiazole rings is 1. The number of primary sulfonamides is 1. The number of nitrogens with two attached hydrogens (primary N) is 1. The number of hydrogen-bond donors (Lipinski definition) is 1. The number of rotatable bonds is 8. The van der Waals surface area contributed by atoms with Gasteiger partial charge in [-0.15, -0.1) is 11.3 Å². The second-order valence-electron chi connectivity index (χ2n) is 8.62. The predicted octanol–water partition coefficient (Wildman–Crippen LogP) is 5.39. The first-order valence-corrected chi connectivity index (χ1v) is 13.8. The smallest absolute Gasteiger partial charge is 0.388 e. The highest BCUT2D eigenvalue weighted by Gasteiger charge is 2.17. The summed E-state index contributed by atoms with van der Waals surface area (Å²) in [6.45, 7) is 1.07. The van der Waals surface area contributed by atoms with E-state index in [0.29, 0.717) is 33.8 Å². The Bertz CT molecular complexity index is 1770. The first-order chi connectivity index (χ1) is 18.1. The van der Waals surface area contributed by atoms with Gasteiger partial charge in [-0.25, -0.2) is 28.5 Å². The summed E-state index contributed by atoms with van der Waals surface area (Å²) in [5, 5.41) is 6.03. The third kappa shape index (κ3) is 5.42. The number of halogens is 2. The predicted molar refractivity (Wildman–Crippen MR) is 141 cm³/mol. The van der Waals surface area contributed by atoms with E-state index in [0.717, 1.165) is 26.9 Å².